The maximum absolute atomic E-state index is 11.9. The lowest BCUT2D eigenvalue weighted by atomic mass is 10.1. The van der Waals surface area contributed by atoms with Gasteiger partial charge in [-0.2, -0.15) is 0 Å². The summed E-state index contributed by atoms with van der Waals surface area (Å²) in [4.78, 5) is 4.06. The van der Waals surface area contributed by atoms with E-state index in [0.29, 0.717) is 5.92 Å². The van der Waals surface area contributed by atoms with Gasteiger partial charge >= 0.3 is 0 Å². The fourth-order valence-electron chi connectivity index (χ4n) is 1.33. The highest BCUT2D eigenvalue weighted by molar-refractivity contribution is 7.70. The summed E-state index contributed by atoms with van der Waals surface area (Å²) in [7, 11) is -2.15. The Labute approximate surface area is 79.8 Å². The normalized spacial score (nSPS) is 12.1. The highest BCUT2D eigenvalue weighted by Crippen LogP contribution is 2.37. The molecule has 0 saturated heterocycles. The third-order valence-electron chi connectivity index (χ3n) is 2.03. The zero-order valence-electron chi connectivity index (χ0n) is 8.61. The summed E-state index contributed by atoms with van der Waals surface area (Å²) in [6.45, 7) is 7.79. The molecule has 0 aliphatic carbocycles. The fraction of sp³-hybridized carbons (Fsp3) is 0.500. The maximum atomic E-state index is 11.9. The average molecular weight is 197 g/mol. The van der Waals surface area contributed by atoms with Crippen molar-refractivity contribution in [2.75, 3.05) is 13.3 Å². The van der Waals surface area contributed by atoms with Crippen LogP contribution in [0.25, 0.3) is 0 Å². The van der Waals surface area contributed by atoms with E-state index in [1.807, 2.05) is 12.3 Å². The van der Waals surface area contributed by atoms with E-state index in [1.54, 1.807) is 19.5 Å². The summed E-state index contributed by atoms with van der Waals surface area (Å²) in [5, 5.41) is 0.970. The first-order valence-electron chi connectivity index (χ1n) is 4.42. The van der Waals surface area contributed by atoms with Crippen molar-refractivity contribution in [3.63, 3.8) is 0 Å². The van der Waals surface area contributed by atoms with E-state index in [9.17, 15) is 4.57 Å². The molecule has 0 fully saturated rings. The lowest BCUT2D eigenvalue weighted by Gasteiger charge is -2.14. The summed E-state index contributed by atoms with van der Waals surface area (Å²) in [5.41, 5.74) is 1.11. The zero-order chi connectivity index (χ0) is 10.1. The van der Waals surface area contributed by atoms with Gasteiger partial charge in [-0.25, -0.2) is 0 Å². The molecule has 1 aromatic heterocycles. The van der Waals surface area contributed by atoms with E-state index in [-0.39, 0.29) is 0 Å². The first-order valence-corrected chi connectivity index (χ1v) is 7.02. The maximum Gasteiger partial charge on any atom is 0.110 e. The predicted octanol–water partition coefficient (Wildman–Crippen LogP) is 2.45. The molecular weight excluding hydrogens is 181 g/mol. The Kier molecular flexibility index (Phi) is 2.92. The van der Waals surface area contributed by atoms with Crippen molar-refractivity contribution >= 4 is 12.4 Å². The molecule has 0 atom stereocenters. The van der Waals surface area contributed by atoms with Crippen molar-refractivity contribution in [1.82, 2.24) is 4.98 Å². The quantitative estimate of drug-likeness (QED) is 0.681. The number of hydrogen-bond donors (Lipinski definition) is 0. The average Bonchev–Trinajstić information content (AvgIpc) is 2.03. The molecule has 1 rings (SSSR count). The first kappa shape index (κ1) is 10.5. The van der Waals surface area contributed by atoms with Crippen LogP contribution >= 0.6 is 7.14 Å². The molecule has 0 amide bonds. The Morgan fingerprint density at radius 3 is 2.38 bits per heavy atom. The SMILES string of the molecule is CC(C)c1cnccc1P(C)(C)=O. The van der Waals surface area contributed by atoms with Gasteiger partial charge < -0.3 is 4.57 Å². The van der Waals surface area contributed by atoms with Crippen molar-refractivity contribution in [1.29, 1.82) is 0 Å². The minimum Gasteiger partial charge on any atom is -0.319 e. The second-order valence-corrected chi connectivity index (χ2v) is 7.12. The minimum atomic E-state index is -2.15. The molecule has 0 radical (unpaired) electrons. The third kappa shape index (κ3) is 2.41. The molecule has 0 spiro atoms. The van der Waals surface area contributed by atoms with Gasteiger partial charge in [0.2, 0.25) is 0 Å². The van der Waals surface area contributed by atoms with Crippen molar-refractivity contribution in [2.24, 2.45) is 0 Å². The summed E-state index contributed by atoms with van der Waals surface area (Å²) < 4.78 is 11.9. The van der Waals surface area contributed by atoms with Gasteiger partial charge in [0.05, 0.1) is 0 Å². The summed E-state index contributed by atoms with van der Waals surface area (Å²) >= 11 is 0. The smallest absolute Gasteiger partial charge is 0.110 e. The Hall–Kier alpha value is -0.620. The van der Waals surface area contributed by atoms with E-state index in [4.69, 9.17) is 0 Å². The van der Waals surface area contributed by atoms with E-state index in [0.717, 1.165) is 10.9 Å². The first-order chi connectivity index (χ1) is 5.93. The lowest BCUT2D eigenvalue weighted by molar-refractivity contribution is 0.588. The van der Waals surface area contributed by atoms with Crippen LogP contribution in [0.2, 0.25) is 0 Å². The topological polar surface area (TPSA) is 30.0 Å². The van der Waals surface area contributed by atoms with Gasteiger partial charge in [0, 0.05) is 17.7 Å². The molecule has 2 nitrogen and oxygen atoms in total. The third-order valence-corrected chi connectivity index (χ3v) is 3.60. The molecule has 0 aromatic carbocycles. The fourth-order valence-corrected chi connectivity index (χ4v) is 2.70. The molecule has 0 saturated carbocycles. The van der Waals surface area contributed by atoms with E-state index < -0.39 is 7.14 Å². The van der Waals surface area contributed by atoms with Crippen LogP contribution in [0.15, 0.2) is 18.5 Å². The van der Waals surface area contributed by atoms with Crippen molar-refractivity contribution in [3.05, 3.63) is 24.0 Å². The minimum absolute atomic E-state index is 0.386. The summed E-state index contributed by atoms with van der Waals surface area (Å²) in [6, 6.07) is 1.87. The molecule has 13 heavy (non-hydrogen) atoms. The van der Waals surface area contributed by atoms with Crippen LogP contribution < -0.4 is 5.30 Å². The molecule has 0 aliphatic rings. The molecule has 0 N–H and O–H groups in total. The van der Waals surface area contributed by atoms with E-state index >= 15 is 0 Å². The predicted molar refractivity (Wildman–Crippen MR) is 57.4 cm³/mol. The number of aromatic nitrogens is 1. The monoisotopic (exact) mass is 197 g/mol. The second kappa shape index (κ2) is 3.63. The standard InChI is InChI=1S/C10H16NOP/c1-8(2)9-7-11-6-5-10(9)13(3,4)12/h5-8H,1-4H3. The Balaban J connectivity index is 3.29. The molecule has 1 heterocycles. The molecule has 3 heteroatoms. The Morgan fingerprint density at radius 1 is 1.38 bits per heavy atom. The number of nitrogens with zero attached hydrogens (tertiary/aromatic N) is 1. The van der Waals surface area contributed by atoms with E-state index in [1.165, 1.54) is 0 Å². The largest absolute Gasteiger partial charge is 0.319 e. The Bertz CT molecular complexity index is 341. The number of rotatable bonds is 2. The lowest BCUT2D eigenvalue weighted by Crippen LogP contribution is -2.11. The number of hydrogen-bond acceptors (Lipinski definition) is 2. The van der Waals surface area contributed by atoms with Crippen LogP contribution in [0.5, 0.6) is 0 Å². The van der Waals surface area contributed by atoms with Crippen LogP contribution in [-0.2, 0) is 4.57 Å². The summed E-state index contributed by atoms with van der Waals surface area (Å²) in [6.07, 6.45) is 3.53. The van der Waals surface area contributed by atoms with Gasteiger partial charge in [0.15, 0.2) is 0 Å². The van der Waals surface area contributed by atoms with Gasteiger partial charge in [-0.1, -0.05) is 13.8 Å². The van der Waals surface area contributed by atoms with Crippen LogP contribution in [-0.4, -0.2) is 18.3 Å². The van der Waals surface area contributed by atoms with E-state index in [2.05, 4.69) is 18.8 Å². The molecule has 0 aliphatic heterocycles. The molecule has 0 bridgehead atoms. The highest BCUT2D eigenvalue weighted by Gasteiger charge is 2.17. The second-order valence-electron chi connectivity index (χ2n) is 3.94. The van der Waals surface area contributed by atoms with Gasteiger partial charge in [-0.15, -0.1) is 0 Å². The van der Waals surface area contributed by atoms with Gasteiger partial charge in [-0.05, 0) is 30.9 Å². The molecule has 72 valence electrons. The van der Waals surface area contributed by atoms with Gasteiger partial charge in [0.1, 0.15) is 7.14 Å². The Morgan fingerprint density at radius 2 is 2.00 bits per heavy atom. The van der Waals surface area contributed by atoms with Crippen LogP contribution in [0.3, 0.4) is 0 Å². The van der Waals surface area contributed by atoms with Crippen molar-refractivity contribution < 1.29 is 4.57 Å². The zero-order valence-corrected chi connectivity index (χ0v) is 9.51. The highest BCUT2D eigenvalue weighted by atomic mass is 31.2. The van der Waals surface area contributed by atoms with Crippen LogP contribution in [0.4, 0.5) is 0 Å². The van der Waals surface area contributed by atoms with Crippen molar-refractivity contribution in [3.8, 4) is 0 Å². The van der Waals surface area contributed by atoms with Crippen molar-refractivity contribution in [2.45, 2.75) is 19.8 Å². The van der Waals surface area contributed by atoms with Gasteiger partial charge in [0.25, 0.3) is 0 Å². The van der Waals surface area contributed by atoms with Crippen LogP contribution in [0.1, 0.15) is 25.3 Å². The molecular formula is C10H16NOP. The molecule has 0 unspecified atom stereocenters. The van der Waals surface area contributed by atoms with Gasteiger partial charge in [-0.3, -0.25) is 4.98 Å². The number of pyridine rings is 1. The van der Waals surface area contributed by atoms with Crippen LogP contribution in [0, 0.1) is 0 Å². The summed E-state index contributed by atoms with van der Waals surface area (Å²) in [5.74, 6) is 0.386. The molecule has 1 aromatic rings.